The second kappa shape index (κ2) is 5.93. The summed E-state index contributed by atoms with van der Waals surface area (Å²) < 4.78 is 16.0. The third-order valence-electron chi connectivity index (χ3n) is 3.42. The van der Waals surface area contributed by atoms with E-state index in [0.29, 0.717) is 11.3 Å². The minimum absolute atomic E-state index is 0.160. The van der Waals surface area contributed by atoms with Crippen LogP contribution in [0.5, 0.6) is 11.5 Å². The zero-order chi connectivity index (χ0) is 15.5. The summed E-state index contributed by atoms with van der Waals surface area (Å²) in [6.45, 7) is 1.95. The number of aryl methyl sites for hydroxylation is 1. The van der Waals surface area contributed by atoms with Crippen LogP contribution in [-0.4, -0.2) is 13.1 Å². The number of esters is 1. The van der Waals surface area contributed by atoms with Crippen LogP contribution < -0.4 is 9.47 Å². The van der Waals surface area contributed by atoms with Crippen molar-refractivity contribution < 1.29 is 18.7 Å². The Morgan fingerprint density at radius 1 is 1.14 bits per heavy atom. The van der Waals surface area contributed by atoms with Crippen molar-refractivity contribution in [3.63, 3.8) is 0 Å². The maximum atomic E-state index is 12.1. The smallest absolute Gasteiger partial charge is 0.315 e. The molecule has 0 N–H and O–H groups in total. The fourth-order valence-corrected chi connectivity index (χ4v) is 2.33. The Hall–Kier alpha value is -2.75. The van der Waals surface area contributed by atoms with Gasteiger partial charge in [-0.05, 0) is 36.8 Å². The fraction of sp³-hybridized carbons (Fsp3) is 0.167. The minimum atomic E-state index is -0.316. The first-order valence-electron chi connectivity index (χ1n) is 6.97. The number of methoxy groups -OCH3 is 1. The van der Waals surface area contributed by atoms with Gasteiger partial charge in [-0.25, -0.2) is 0 Å². The molecule has 2 aromatic carbocycles. The van der Waals surface area contributed by atoms with Gasteiger partial charge in [-0.1, -0.05) is 12.1 Å². The van der Waals surface area contributed by atoms with E-state index in [-0.39, 0.29) is 12.4 Å². The van der Waals surface area contributed by atoms with E-state index in [1.54, 1.807) is 25.5 Å². The van der Waals surface area contributed by atoms with Gasteiger partial charge in [0, 0.05) is 17.0 Å². The molecule has 0 bridgehead atoms. The van der Waals surface area contributed by atoms with E-state index in [1.165, 1.54) is 0 Å². The molecule has 0 fully saturated rings. The number of carbonyl (C=O) groups excluding carboxylic acids is 1. The molecule has 0 unspecified atom stereocenters. The van der Waals surface area contributed by atoms with E-state index in [0.717, 1.165) is 22.3 Å². The summed E-state index contributed by atoms with van der Waals surface area (Å²) in [5, 5.41) is 0.891. The topological polar surface area (TPSA) is 48.7 Å². The number of carbonyl (C=O) groups is 1. The second-order valence-corrected chi connectivity index (χ2v) is 5.09. The quantitative estimate of drug-likeness (QED) is 0.541. The van der Waals surface area contributed by atoms with Crippen molar-refractivity contribution in [3.8, 4) is 11.5 Å². The standard InChI is InChI=1S/C18H16O4/c1-12-4-3-5-15(8-12)22-18(19)9-13-11-21-17-10-14(20-2)6-7-16(13)17/h3-8,10-11H,9H2,1-2H3. The number of hydrogen-bond donors (Lipinski definition) is 0. The van der Waals surface area contributed by atoms with Crippen LogP contribution in [-0.2, 0) is 11.2 Å². The molecule has 3 rings (SSSR count). The second-order valence-electron chi connectivity index (χ2n) is 5.09. The zero-order valence-corrected chi connectivity index (χ0v) is 12.5. The van der Waals surface area contributed by atoms with Crippen molar-refractivity contribution in [2.24, 2.45) is 0 Å². The average Bonchev–Trinajstić information content (AvgIpc) is 2.89. The first-order valence-corrected chi connectivity index (χ1v) is 6.97. The molecule has 0 spiro atoms. The molecule has 4 heteroatoms. The maximum absolute atomic E-state index is 12.1. The molecule has 3 aromatic rings. The Morgan fingerprint density at radius 3 is 2.77 bits per heavy atom. The molecule has 0 aliphatic rings. The van der Waals surface area contributed by atoms with Crippen molar-refractivity contribution in [1.29, 1.82) is 0 Å². The lowest BCUT2D eigenvalue weighted by atomic mass is 10.1. The van der Waals surface area contributed by atoms with Gasteiger partial charge in [0.1, 0.15) is 17.1 Å². The lowest BCUT2D eigenvalue weighted by Crippen LogP contribution is -2.10. The highest BCUT2D eigenvalue weighted by Crippen LogP contribution is 2.26. The molecule has 0 atom stereocenters. The molecular formula is C18H16O4. The molecule has 112 valence electrons. The highest BCUT2D eigenvalue weighted by atomic mass is 16.5. The summed E-state index contributed by atoms with van der Waals surface area (Å²) in [5.41, 5.74) is 2.54. The monoisotopic (exact) mass is 296 g/mol. The van der Waals surface area contributed by atoms with Crippen LogP contribution in [0.4, 0.5) is 0 Å². The summed E-state index contributed by atoms with van der Waals surface area (Å²) >= 11 is 0. The molecule has 0 radical (unpaired) electrons. The van der Waals surface area contributed by atoms with E-state index in [1.807, 2.05) is 37.3 Å². The maximum Gasteiger partial charge on any atom is 0.315 e. The van der Waals surface area contributed by atoms with E-state index in [2.05, 4.69) is 0 Å². The van der Waals surface area contributed by atoms with Gasteiger partial charge < -0.3 is 13.9 Å². The predicted octanol–water partition coefficient (Wildman–Crippen LogP) is 3.90. The first kappa shape index (κ1) is 14.2. The number of rotatable bonds is 4. The summed E-state index contributed by atoms with van der Waals surface area (Å²) in [7, 11) is 1.60. The number of ether oxygens (including phenoxy) is 2. The molecule has 4 nitrogen and oxygen atoms in total. The van der Waals surface area contributed by atoms with E-state index in [4.69, 9.17) is 13.9 Å². The normalized spacial score (nSPS) is 10.6. The van der Waals surface area contributed by atoms with Crippen LogP contribution >= 0.6 is 0 Å². The Bertz CT molecular complexity index is 817. The number of fused-ring (bicyclic) bond motifs is 1. The fourth-order valence-electron chi connectivity index (χ4n) is 2.33. The Balaban J connectivity index is 1.76. The molecule has 0 saturated heterocycles. The highest BCUT2D eigenvalue weighted by molar-refractivity contribution is 5.87. The number of furan rings is 1. The number of hydrogen-bond acceptors (Lipinski definition) is 4. The van der Waals surface area contributed by atoms with E-state index in [9.17, 15) is 4.79 Å². The van der Waals surface area contributed by atoms with Crippen LogP contribution in [0.25, 0.3) is 11.0 Å². The van der Waals surface area contributed by atoms with Gasteiger partial charge in [0.15, 0.2) is 0 Å². The largest absolute Gasteiger partial charge is 0.497 e. The molecule has 0 amide bonds. The zero-order valence-electron chi connectivity index (χ0n) is 12.5. The van der Waals surface area contributed by atoms with Gasteiger partial charge in [0.25, 0.3) is 0 Å². The number of benzene rings is 2. The van der Waals surface area contributed by atoms with Gasteiger partial charge in [-0.15, -0.1) is 0 Å². The molecular weight excluding hydrogens is 280 g/mol. The lowest BCUT2D eigenvalue weighted by molar-refractivity contribution is -0.133. The summed E-state index contributed by atoms with van der Waals surface area (Å²) in [6, 6.07) is 12.9. The highest BCUT2D eigenvalue weighted by Gasteiger charge is 2.13. The SMILES string of the molecule is COc1ccc2c(CC(=O)Oc3cccc(C)c3)coc2c1. The Morgan fingerprint density at radius 2 is 2.00 bits per heavy atom. The van der Waals surface area contributed by atoms with Crippen molar-refractivity contribution in [1.82, 2.24) is 0 Å². The van der Waals surface area contributed by atoms with Gasteiger partial charge in [-0.3, -0.25) is 4.79 Å². The van der Waals surface area contributed by atoms with Gasteiger partial charge in [0.05, 0.1) is 19.8 Å². The molecule has 1 aromatic heterocycles. The minimum Gasteiger partial charge on any atom is -0.497 e. The van der Waals surface area contributed by atoms with Crippen molar-refractivity contribution >= 4 is 16.9 Å². The molecule has 0 aliphatic carbocycles. The molecule has 0 saturated carbocycles. The Labute approximate surface area is 128 Å². The lowest BCUT2D eigenvalue weighted by Gasteiger charge is -2.04. The third-order valence-corrected chi connectivity index (χ3v) is 3.42. The molecule has 0 aliphatic heterocycles. The van der Waals surface area contributed by atoms with Crippen molar-refractivity contribution in [2.75, 3.05) is 7.11 Å². The van der Waals surface area contributed by atoms with Crippen LogP contribution in [0.1, 0.15) is 11.1 Å². The third kappa shape index (κ3) is 2.96. The van der Waals surface area contributed by atoms with Crippen LogP contribution in [0.2, 0.25) is 0 Å². The van der Waals surface area contributed by atoms with Crippen LogP contribution in [0.15, 0.2) is 53.1 Å². The van der Waals surface area contributed by atoms with Gasteiger partial charge >= 0.3 is 5.97 Å². The summed E-state index contributed by atoms with van der Waals surface area (Å²) in [6.07, 6.45) is 1.74. The van der Waals surface area contributed by atoms with Crippen molar-refractivity contribution in [3.05, 3.63) is 59.9 Å². The predicted molar refractivity (Wildman–Crippen MR) is 83.3 cm³/mol. The summed E-state index contributed by atoms with van der Waals surface area (Å²) in [5.74, 6) is 0.958. The van der Waals surface area contributed by atoms with Crippen LogP contribution in [0, 0.1) is 6.92 Å². The van der Waals surface area contributed by atoms with Gasteiger partial charge in [0.2, 0.25) is 0 Å². The van der Waals surface area contributed by atoms with E-state index >= 15 is 0 Å². The first-order chi connectivity index (χ1) is 10.7. The van der Waals surface area contributed by atoms with Crippen LogP contribution in [0.3, 0.4) is 0 Å². The molecule has 22 heavy (non-hydrogen) atoms. The summed E-state index contributed by atoms with van der Waals surface area (Å²) in [4.78, 5) is 12.1. The van der Waals surface area contributed by atoms with Gasteiger partial charge in [-0.2, -0.15) is 0 Å². The van der Waals surface area contributed by atoms with Crippen molar-refractivity contribution in [2.45, 2.75) is 13.3 Å². The Kier molecular flexibility index (Phi) is 3.83. The average molecular weight is 296 g/mol. The van der Waals surface area contributed by atoms with E-state index < -0.39 is 0 Å². The molecule has 1 heterocycles.